The Morgan fingerprint density at radius 3 is 2.65 bits per heavy atom. The van der Waals surface area contributed by atoms with Crippen LogP contribution in [0.15, 0.2) is 30.9 Å². The fourth-order valence-corrected chi connectivity index (χ4v) is 3.76. The van der Waals surface area contributed by atoms with E-state index in [0.29, 0.717) is 35.5 Å². The van der Waals surface area contributed by atoms with E-state index in [1.165, 1.54) is 6.42 Å². The van der Waals surface area contributed by atoms with Gasteiger partial charge in [-0.1, -0.05) is 26.5 Å². The molecule has 26 heavy (non-hydrogen) atoms. The average Bonchev–Trinajstić information content (AvgIpc) is 2.58. The number of nitrogens with one attached hydrogen (secondary N) is 1. The molecule has 1 aromatic carbocycles. The molecule has 0 radical (unpaired) electrons. The van der Waals surface area contributed by atoms with Gasteiger partial charge in [-0.05, 0) is 43.4 Å². The first kappa shape index (κ1) is 20.3. The number of amides is 1. The first-order valence-corrected chi connectivity index (χ1v) is 9.37. The second-order valence-corrected chi connectivity index (χ2v) is 7.50. The highest BCUT2D eigenvalue weighted by atomic mass is 16.5. The van der Waals surface area contributed by atoms with Crippen molar-refractivity contribution in [3.05, 3.63) is 36.4 Å². The Morgan fingerprint density at radius 1 is 1.35 bits per heavy atom. The van der Waals surface area contributed by atoms with Crippen LogP contribution in [0.3, 0.4) is 0 Å². The number of carbonyl (C=O) groups is 1. The predicted octanol–water partition coefficient (Wildman–Crippen LogP) is 3.36. The minimum absolute atomic E-state index is 0.0858. The normalized spacial score (nSPS) is 21.7. The van der Waals surface area contributed by atoms with E-state index < -0.39 is 0 Å². The molecule has 2 rings (SSSR count). The third-order valence-electron chi connectivity index (χ3n) is 4.64. The van der Waals surface area contributed by atoms with E-state index in [2.05, 4.69) is 37.6 Å². The van der Waals surface area contributed by atoms with E-state index in [1.807, 2.05) is 0 Å². The monoisotopic (exact) mass is 360 g/mol. The van der Waals surface area contributed by atoms with Gasteiger partial charge in [-0.3, -0.25) is 4.79 Å². The van der Waals surface area contributed by atoms with Crippen LogP contribution in [0.1, 0.15) is 37.6 Å². The molecule has 5 heteroatoms. The summed E-state index contributed by atoms with van der Waals surface area (Å²) >= 11 is 0. The van der Waals surface area contributed by atoms with Gasteiger partial charge in [-0.25, -0.2) is 0 Å². The quantitative estimate of drug-likeness (QED) is 0.722. The second-order valence-electron chi connectivity index (χ2n) is 7.50. The molecular formula is C21H32N2O3. The van der Waals surface area contributed by atoms with Gasteiger partial charge in [0.25, 0.3) is 5.91 Å². The van der Waals surface area contributed by atoms with Crippen LogP contribution in [0.5, 0.6) is 11.5 Å². The van der Waals surface area contributed by atoms with Crippen molar-refractivity contribution < 1.29 is 14.3 Å². The summed E-state index contributed by atoms with van der Waals surface area (Å²) in [7, 11) is 1.57. The number of rotatable bonds is 8. The van der Waals surface area contributed by atoms with Gasteiger partial charge in [-0.15, -0.1) is 0 Å². The van der Waals surface area contributed by atoms with Crippen molar-refractivity contribution in [2.24, 2.45) is 11.8 Å². The highest BCUT2D eigenvalue weighted by Crippen LogP contribution is 2.28. The van der Waals surface area contributed by atoms with Crippen molar-refractivity contribution in [3.8, 4) is 11.5 Å². The molecule has 5 nitrogen and oxygen atoms in total. The first-order valence-electron chi connectivity index (χ1n) is 9.37. The maximum absolute atomic E-state index is 12.6. The summed E-state index contributed by atoms with van der Waals surface area (Å²) in [4.78, 5) is 15.0. The Labute approximate surface area is 157 Å². The third-order valence-corrected chi connectivity index (χ3v) is 4.64. The number of hydrogen-bond donors (Lipinski definition) is 1. The van der Waals surface area contributed by atoms with Crippen LogP contribution < -0.4 is 14.8 Å². The van der Waals surface area contributed by atoms with Crippen LogP contribution in [0, 0.1) is 11.8 Å². The highest BCUT2D eigenvalue weighted by Gasteiger charge is 2.23. The molecule has 0 spiro atoms. The van der Waals surface area contributed by atoms with Crippen molar-refractivity contribution >= 4 is 5.91 Å². The molecule has 1 heterocycles. The molecule has 1 aliphatic rings. The molecule has 1 fully saturated rings. The summed E-state index contributed by atoms with van der Waals surface area (Å²) in [6.45, 7) is 13.8. The van der Waals surface area contributed by atoms with E-state index in [0.717, 1.165) is 19.6 Å². The Kier molecular flexibility index (Phi) is 7.51. The van der Waals surface area contributed by atoms with Crippen LogP contribution in [0.4, 0.5) is 0 Å². The Bertz CT molecular complexity index is 607. The molecular weight excluding hydrogens is 328 g/mol. The van der Waals surface area contributed by atoms with Crippen LogP contribution in [0.2, 0.25) is 0 Å². The predicted molar refractivity (Wildman–Crippen MR) is 105 cm³/mol. The van der Waals surface area contributed by atoms with Gasteiger partial charge in [-0.2, -0.15) is 0 Å². The second kappa shape index (κ2) is 9.62. The summed E-state index contributed by atoms with van der Waals surface area (Å²) < 4.78 is 10.9. The minimum Gasteiger partial charge on any atom is -0.493 e. The Hall–Kier alpha value is -2.01. The fourth-order valence-electron chi connectivity index (χ4n) is 3.76. The number of carbonyl (C=O) groups excluding carboxylic acids is 1. The van der Waals surface area contributed by atoms with Gasteiger partial charge in [0.2, 0.25) is 0 Å². The van der Waals surface area contributed by atoms with E-state index in [-0.39, 0.29) is 11.9 Å². The first-order chi connectivity index (χ1) is 12.4. The molecule has 1 amide bonds. The van der Waals surface area contributed by atoms with Crippen LogP contribution >= 0.6 is 0 Å². The van der Waals surface area contributed by atoms with Crippen LogP contribution in [-0.2, 0) is 0 Å². The third kappa shape index (κ3) is 5.77. The van der Waals surface area contributed by atoms with Gasteiger partial charge in [0, 0.05) is 31.2 Å². The van der Waals surface area contributed by atoms with Gasteiger partial charge in [0.15, 0.2) is 11.5 Å². The minimum atomic E-state index is -0.0934. The molecule has 0 aromatic heterocycles. The number of benzene rings is 1. The summed E-state index contributed by atoms with van der Waals surface area (Å²) in [5.74, 6) is 2.49. The topological polar surface area (TPSA) is 50.8 Å². The van der Waals surface area contributed by atoms with Gasteiger partial charge in [0.1, 0.15) is 6.61 Å². The Balaban J connectivity index is 1.94. The van der Waals surface area contributed by atoms with Crippen LogP contribution in [0.25, 0.3) is 0 Å². The maximum atomic E-state index is 12.6. The highest BCUT2D eigenvalue weighted by molar-refractivity contribution is 5.95. The zero-order chi connectivity index (χ0) is 19.1. The zero-order valence-corrected chi connectivity index (χ0v) is 16.5. The van der Waals surface area contributed by atoms with Crippen molar-refractivity contribution in [1.29, 1.82) is 0 Å². The molecule has 1 N–H and O–H groups in total. The number of methoxy groups -OCH3 is 1. The number of piperidine rings is 1. The summed E-state index contributed by atoms with van der Waals surface area (Å²) in [5.41, 5.74) is 0.569. The standard InChI is InChI=1S/C21H32N2O3/c1-6-9-26-19-8-7-18(11-20(19)25-5)21(24)22-17(4)14-23-12-15(2)10-16(3)13-23/h6-8,11,15-17H,1,9-10,12-14H2,2-5H3,(H,22,24). The Morgan fingerprint density at radius 2 is 2.04 bits per heavy atom. The molecule has 1 aromatic rings. The average molecular weight is 360 g/mol. The number of ether oxygens (including phenoxy) is 2. The summed E-state index contributed by atoms with van der Waals surface area (Å²) in [6.07, 6.45) is 2.96. The smallest absolute Gasteiger partial charge is 0.251 e. The number of nitrogens with zero attached hydrogens (tertiary/aromatic N) is 1. The largest absolute Gasteiger partial charge is 0.493 e. The number of likely N-dealkylation sites (tertiary alicyclic amines) is 1. The van der Waals surface area contributed by atoms with Gasteiger partial charge < -0.3 is 19.7 Å². The molecule has 0 aliphatic carbocycles. The summed E-state index contributed by atoms with van der Waals surface area (Å²) in [6, 6.07) is 5.32. The lowest BCUT2D eigenvalue weighted by atomic mass is 9.92. The lowest BCUT2D eigenvalue weighted by Crippen LogP contribution is -2.47. The molecule has 0 bridgehead atoms. The van der Waals surface area contributed by atoms with Crippen molar-refractivity contribution in [2.45, 2.75) is 33.2 Å². The van der Waals surface area contributed by atoms with Crippen molar-refractivity contribution in [2.75, 3.05) is 33.4 Å². The maximum Gasteiger partial charge on any atom is 0.251 e. The molecule has 3 atom stereocenters. The van der Waals surface area contributed by atoms with E-state index in [4.69, 9.17) is 9.47 Å². The molecule has 1 saturated heterocycles. The lowest BCUT2D eigenvalue weighted by Gasteiger charge is -2.36. The molecule has 144 valence electrons. The van der Waals surface area contributed by atoms with Crippen LogP contribution in [-0.4, -0.2) is 50.2 Å². The summed E-state index contributed by atoms with van der Waals surface area (Å²) in [5, 5.41) is 3.09. The van der Waals surface area contributed by atoms with Gasteiger partial charge in [0.05, 0.1) is 7.11 Å². The number of hydrogen-bond acceptors (Lipinski definition) is 4. The fraction of sp³-hybridized carbons (Fsp3) is 0.571. The molecule has 1 aliphatic heterocycles. The zero-order valence-electron chi connectivity index (χ0n) is 16.5. The van der Waals surface area contributed by atoms with E-state index in [1.54, 1.807) is 31.4 Å². The van der Waals surface area contributed by atoms with Crippen molar-refractivity contribution in [3.63, 3.8) is 0 Å². The molecule has 3 unspecified atom stereocenters. The van der Waals surface area contributed by atoms with Crippen molar-refractivity contribution in [1.82, 2.24) is 10.2 Å². The van der Waals surface area contributed by atoms with E-state index >= 15 is 0 Å². The SMILES string of the molecule is C=CCOc1ccc(C(=O)NC(C)CN2CC(C)CC(C)C2)cc1OC. The lowest BCUT2D eigenvalue weighted by molar-refractivity contribution is 0.0904. The van der Waals surface area contributed by atoms with E-state index in [9.17, 15) is 4.79 Å². The molecule has 0 saturated carbocycles. The van der Waals surface area contributed by atoms with Gasteiger partial charge >= 0.3 is 0 Å².